The fourth-order valence-corrected chi connectivity index (χ4v) is 3.22. The molecule has 140 valence electrons. The molecule has 5 N–H and O–H groups in total. The summed E-state index contributed by atoms with van der Waals surface area (Å²) in [6.07, 6.45) is 2.80. The summed E-state index contributed by atoms with van der Waals surface area (Å²) in [7, 11) is -3.90. The van der Waals surface area contributed by atoms with Crippen molar-refractivity contribution in [2.75, 3.05) is 25.1 Å². The normalized spacial score (nSPS) is 13.4. The molecule has 0 aliphatic carbocycles. The molecule has 2 aromatic rings. The van der Waals surface area contributed by atoms with Crippen LogP contribution < -0.4 is 5.73 Å². The number of aliphatic hydroxyl groups is 1. The molecule has 25 heavy (non-hydrogen) atoms. The lowest BCUT2D eigenvalue weighted by Gasteiger charge is -2.14. The number of fused-ring (bicyclic) bond motifs is 1. The molecule has 2 heterocycles. The molecule has 0 spiro atoms. The molecule has 0 aromatic carbocycles. The van der Waals surface area contributed by atoms with Gasteiger partial charge in [-0.05, 0) is 24.4 Å². The minimum Gasteiger partial charge on any atom is -0.382 e. The van der Waals surface area contributed by atoms with Gasteiger partial charge in [0.2, 0.25) is 5.28 Å². The van der Waals surface area contributed by atoms with Crippen LogP contribution in [0.1, 0.15) is 31.9 Å². The first-order valence-electron chi connectivity index (χ1n) is 7.74. The summed E-state index contributed by atoms with van der Waals surface area (Å²) in [5.74, 6) is 0.175. The zero-order valence-corrected chi connectivity index (χ0v) is 15.1. The van der Waals surface area contributed by atoms with E-state index in [2.05, 4.69) is 15.0 Å². The van der Waals surface area contributed by atoms with Gasteiger partial charge in [-0.1, -0.05) is 12.8 Å². The Morgan fingerprint density at radius 1 is 1.28 bits per heavy atom. The molecule has 10 nitrogen and oxygen atoms in total. The fraction of sp³-hybridized carbons (Fsp3) is 0.615. The van der Waals surface area contributed by atoms with Crippen molar-refractivity contribution in [2.45, 2.75) is 31.9 Å². The van der Waals surface area contributed by atoms with Crippen LogP contribution in [-0.2, 0) is 9.30 Å². The number of halogens is 1. The number of rotatable bonds is 10. The molecule has 0 radical (unpaired) electrons. The Kier molecular flexibility index (Phi) is 7.12. The molecule has 0 aliphatic rings. The van der Waals surface area contributed by atoms with Crippen LogP contribution in [0.25, 0.3) is 11.2 Å². The molecule has 2 rings (SSSR count). The van der Waals surface area contributed by atoms with Gasteiger partial charge in [0.05, 0.1) is 6.61 Å². The average molecular weight is 394 g/mol. The van der Waals surface area contributed by atoms with Gasteiger partial charge in [0.15, 0.2) is 23.2 Å². The minimum absolute atomic E-state index is 0.00241. The number of nitrogen functional groups attached to an aromatic ring is 1. The largest absolute Gasteiger partial charge is 0.382 e. The van der Waals surface area contributed by atoms with Gasteiger partial charge >= 0.3 is 7.60 Å². The summed E-state index contributed by atoms with van der Waals surface area (Å²) in [5.41, 5.74) is 6.34. The number of anilines is 1. The third-order valence-corrected chi connectivity index (χ3v) is 4.68. The average Bonchev–Trinajstić information content (AvgIpc) is 2.86. The van der Waals surface area contributed by atoms with Crippen molar-refractivity contribution in [1.82, 2.24) is 19.5 Å². The Bertz CT molecular complexity index is 752. The number of imidazole rings is 1. The molecule has 0 saturated heterocycles. The maximum absolute atomic E-state index is 10.7. The fourth-order valence-electron chi connectivity index (χ4n) is 2.30. The highest BCUT2D eigenvalue weighted by molar-refractivity contribution is 7.51. The maximum atomic E-state index is 10.7. The van der Waals surface area contributed by atoms with Crippen molar-refractivity contribution in [3.05, 3.63) is 11.6 Å². The molecule has 0 saturated carbocycles. The highest BCUT2D eigenvalue weighted by atomic mass is 35.5. The lowest BCUT2D eigenvalue weighted by atomic mass is 10.2. The summed E-state index contributed by atoms with van der Waals surface area (Å²) in [4.78, 5) is 29.4. The van der Waals surface area contributed by atoms with Gasteiger partial charge in [-0.25, -0.2) is 15.0 Å². The minimum atomic E-state index is -3.90. The number of ether oxygens (including phenoxy) is 1. The predicted octanol–water partition coefficient (Wildman–Crippen LogP) is 1.31. The third kappa shape index (κ3) is 5.88. The molecular weight excluding hydrogens is 373 g/mol. The van der Waals surface area contributed by atoms with Crippen LogP contribution in [-0.4, -0.2) is 53.8 Å². The van der Waals surface area contributed by atoms with Gasteiger partial charge < -0.3 is 25.4 Å². The van der Waals surface area contributed by atoms with Crippen LogP contribution in [0.4, 0.5) is 5.82 Å². The molecule has 12 heteroatoms. The molecule has 0 fully saturated rings. The summed E-state index contributed by atoms with van der Waals surface area (Å²) in [6.45, 7) is 0.409. The van der Waals surface area contributed by atoms with Gasteiger partial charge in [0, 0.05) is 12.8 Å². The van der Waals surface area contributed by atoms with Crippen molar-refractivity contribution in [3.8, 4) is 0 Å². The second-order valence-electron chi connectivity index (χ2n) is 5.54. The van der Waals surface area contributed by atoms with Crippen molar-refractivity contribution in [1.29, 1.82) is 0 Å². The number of hydrogen-bond donors (Lipinski definition) is 4. The van der Waals surface area contributed by atoms with Gasteiger partial charge in [-0.2, -0.15) is 0 Å². The Labute approximate surface area is 149 Å². The summed E-state index contributed by atoms with van der Waals surface area (Å²) >= 11 is 6.02. The topological polar surface area (TPSA) is 157 Å². The highest BCUT2D eigenvalue weighted by Crippen LogP contribution is 2.35. The number of aliphatic hydroxyl groups excluding tert-OH is 1. The quantitative estimate of drug-likeness (QED) is 0.265. The monoisotopic (exact) mass is 393 g/mol. The van der Waals surface area contributed by atoms with E-state index >= 15 is 0 Å². The number of unbranched alkanes of at least 4 members (excludes halogenated alkanes) is 3. The maximum Gasteiger partial charge on any atom is 0.325 e. The SMILES string of the molecule is Nc1ncnc2c1nc(Cl)n2C(O)COCCCCCCP(=O)(O)O. The number of aromatic nitrogens is 4. The molecule has 0 amide bonds. The lowest BCUT2D eigenvalue weighted by Crippen LogP contribution is -2.16. The van der Waals surface area contributed by atoms with Crippen molar-refractivity contribution >= 4 is 36.2 Å². The zero-order chi connectivity index (χ0) is 18.4. The van der Waals surface area contributed by atoms with Crippen molar-refractivity contribution in [2.24, 2.45) is 0 Å². The predicted molar refractivity (Wildman–Crippen MR) is 92.2 cm³/mol. The van der Waals surface area contributed by atoms with Gasteiger partial charge in [-0.15, -0.1) is 0 Å². The molecule has 1 atom stereocenters. The smallest absolute Gasteiger partial charge is 0.325 e. The van der Waals surface area contributed by atoms with Crippen LogP contribution in [0.15, 0.2) is 6.33 Å². The lowest BCUT2D eigenvalue weighted by molar-refractivity contribution is -0.00272. The van der Waals surface area contributed by atoms with E-state index in [1.807, 2.05) is 0 Å². The van der Waals surface area contributed by atoms with E-state index in [1.165, 1.54) is 10.9 Å². The number of nitrogens with zero attached hydrogens (tertiary/aromatic N) is 4. The van der Waals surface area contributed by atoms with Gasteiger partial charge in [-0.3, -0.25) is 9.13 Å². The highest BCUT2D eigenvalue weighted by Gasteiger charge is 2.19. The molecule has 0 bridgehead atoms. The van der Waals surface area contributed by atoms with E-state index in [0.29, 0.717) is 30.6 Å². The number of nitrogens with two attached hydrogens (primary N) is 1. The first-order chi connectivity index (χ1) is 11.8. The van der Waals surface area contributed by atoms with E-state index in [1.54, 1.807) is 0 Å². The Morgan fingerprint density at radius 2 is 2.00 bits per heavy atom. The third-order valence-electron chi connectivity index (χ3n) is 3.52. The standard InChI is InChI=1S/C13H21ClN5O5P/c14-13-18-10-11(15)16-8-17-12(10)19(13)9(20)7-24-5-3-1-2-4-6-25(21,22)23/h8-9,20H,1-7H2,(H2,15,16,17)(H2,21,22,23). The van der Waals surface area contributed by atoms with Crippen LogP contribution >= 0.6 is 19.2 Å². The Morgan fingerprint density at radius 3 is 2.72 bits per heavy atom. The first kappa shape index (κ1) is 20.0. The van der Waals surface area contributed by atoms with E-state index in [-0.39, 0.29) is 23.9 Å². The van der Waals surface area contributed by atoms with Crippen LogP contribution in [0, 0.1) is 0 Å². The summed E-state index contributed by atoms with van der Waals surface area (Å²) in [5, 5.41) is 10.3. The second-order valence-corrected chi connectivity index (χ2v) is 7.65. The molecule has 2 aromatic heterocycles. The Hall–Kier alpha value is -1.29. The van der Waals surface area contributed by atoms with Crippen LogP contribution in [0.3, 0.4) is 0 Å². The van der Waals surface area contributed by atoms with Crippen molar-refractivity contribution in [3.63, 3.8) is 0 Å². The van der Waals surface area contributed by atoms with Crippen LogP contribution in [0.5, 0.6) is 0 Å². The molecular formula is C13H21ClN5O5P. The van der Waals surface area contributed by atoms with E-state index in [4.69, 9.17) is 31.9 Å². The van der Waals surface area contributed by atoms with Crippen molar-refractivity contribution < 1.29 is 24.2 Å². The molecule has 0 aliphatic heterocycles. The summed E-state index contributed by atoms with van der Waals surface area (Å²) in [6, 6.07) is 0. The Balaban J connectivity index is 1.74. The van der Waals surface area contributed by atoms with E-state index in [9.17, 15) is 9.67 Å². The number of hydrogen-bond acceptors (Lipinski definition) is 7. The van der Waals surface area contributed by atoms with Gasteiger partial charge in [0.1, 0.15) is 6.33 Å². The van der Waals surface area contributed by atoms with E-state index in [0.717, 1.165) is 12.8 Å². The molecule has 1 unspecified atom stereocenters. The van der Waals surface area contributed by atoms with Crippen LogP contribution in [0.2, 0.25) is 5.28 Å². The zero-order valence-electron chi connectivity index (χ0n) is 13.5. The second kappa shape index (κ2) is 8.88. The van der Waals surface area contributed by atoms with Gasteiger partial charge in [0.25, 0.3) is 0 Å². The summed E-state index contributed by atoms with van der Waals surface area (Å²) < 4.78 is 17.4. The van der Waals surface area contributed by atoms with E-state index < -0.39 is 13.8 Å². The first-order valence-corrected chi connectivity index (χ1v) is 9.91.